The lowest BCUT2D eigenvalue weighted by atomic mass is 9.91. The minimum absolute atomic E-state index is 0. The first-order valence-corrected chi connectivity index (χ1v) is 10.8. The zero-order valence-electron chi connectivity index (χ0n) is 17.4. The Bertz CT molecular complexity index is 1040. The number of aryl methyl sites for hydroxylation is 1. The molecule has 0 spiro atoms. The van der Waals surface area contributed by atoms with E-state index in [1.54, 1.807) is 24.3 Å². The molecule has 1 fully saturated rings. The van der Waals surface area contributed by atoms with Crippen LogP contribution in [0.4, 0.5) is 5.82 Å². The second kappa shape index (κ2) is 10.7. The van der Waals surface area contributed by atoms with Gasteiger partial charge >= 0.3 is 0 Å². The number of nitrogens with one attached hydrogen (secondary N) is 2. The van der Waals surface area contributed by atoms with Crippen LogP contribution in [0.1, 0.15) is 31.2 Å². The van der Waals surface area contributed by atoms with E-state index >= 15 is 0 Å². The average Bonchev–Trinajstić information content (AvgIpc) is 2.74. The van der Waals surface area contributed by atoms with Gasteiger partial charge in [0.1, 0.15) is 11.6 Å². The number of para-hydroxylation sites is 1. The zero-order chi connectivity index (χ0) is 20.9. The number of fused-ring (bicyclic) bond motifs is 1. The highest BCUT2D eigenvalue weighted by atomic mass is 35.5. The van der Waals surface area contributed by atoms with E-state index in [0.717, 1.165) is 37.0 Å². The standard InChI is InChI=1S/C24H26ClN3O2.ClH/c1-16-13-23(28-22-8-3-2-7-21(16)22)26-18-9-11-19(12-10-18)27-24(29)15-30-20-6-4-5-17(25)14-20;/h2-8,13-14,18-19H,9-12,15H2,1H3,(H,26,28)(H,27,29);1H. The number of hydrogen-bond acceptors (Lipinski definition) is 4. The highest BCUT2D eigenvalue weighted by molar-refractivity contribution is 6.30. The number of carbonyl (C=O) groups excluding carboxylic acids is 1. The van der Waals surface area contributed by atoms with Gasteiger partial charge in [-0.05, 0) is 68.5 Å². The molecule has 164 valence electrons. The lowest BCUT2D eigenvalue weighted by molar-refractivity contribution is -0.124. The van der Waals surface area contributed by atoms with Crippen LogP contribution in [0, 0.1) is 6.92 Å². The molecule has 0 unspecified atom stereocenters. The predicted octanol–water partition coefficient (Wildman–Crippen LogP) is 5.54. The van der Waals surface area contributed by atoms with Gasteiger partial charge in [0.25, 0.3) is 5.91 Å². The number of rotatable bonds is 6. The van der Waals surface area contributed by atoms with Crippen LogP contribution in [-0.2, 0) is 4.79 Å². The van der Waals surface area contributed by atoms with Crippen molar-refractivity contribution in [3.05, 3.63) is 65.2 Å². The summed E-state index contributed by atoms with van der Waals surface area (Å²) in [4.78, 5) is 17.0. The van der Waals surface area contributed by atoms with Crippen molar-refractivity contribution in [2.24, 2.45) is 0 Å². The Kier molecular flexibility index (Phi) is 7.99. The summed E-state index contributed by atoms with van der Waals surface area (Å²) < 4.78 is 5.52. The molecule has 1 amide bonds. The number of pyridine rings is 1. The third-order valence-corrected chi connectivity index (χ3v) is 5.77. The van der Waals surface area contributed by atoms with E-state index in [1.165, 1.54) is 10.9 Å². The van der Waals surface area contributed by atoms with Gasteiger partial charge < -0.3 is 15.4 Å². The molecule has 7 heteroatoms. The third kappa shape index (κ3) is 6.25. The Morgan fingerprint density at radius 1 is 1.06 bits per heavy atom. The number of hydrogen-bond donors (Lipinski definition) is 2. The molecule has 5 nitrogen and oxygen atoms in total. The van der Waals surface area contributed by atoms with Gasteiger partial charge in [-0.3, -0.25) is 4.79 Å². The number of anilines is 1. The fourth-order valence-corrected chi connectivity index (χ4v) is 4.17. The number of halogens is 2. The number of carbonyl (C=O) groups is 1. The van der Waals surface area contributed by atoms with Crippen LogP contribution in [0.25, 0.3) is 10.9 Å². The van der Waals surface area contributed by atoms with Crippen molar-refractivity contribution in [1.29, 1.82) is 0 Å². The maximum absolute atomic E-state index is 12.2. The highest BCUT2D eigenvalue weighted by Crippen LogP contribution is 2.25. The van der Waals surface area contributed by atoms with Gasteiger partial charge in [0.15, 0.2) is 6.61 Å². The number of amides is 1. The van der Waals surface area contributed by atoms with Crippen molar-refractivity contribution in [3.8, 4) is 5.75 Å². The lowest BCUT2D eigenvalue weighted by Crippen LogP contribution is -2.42. The molecule has 3 aromatic rings. The Hall–Kier alpha value is -2.50. The number of benzene rings is 2. The van der Waals surface area contributed by atoms with Gasteiger partial charge in [0.2, 0.25) is 0 Å². The highest BCUT2D eigenvalue weighted by Gasteiger charge is 2.23. The van der Waals surface area contributed by atoms with Crippen LogP contribution >= 0.6 is 24.0 Å². The monoisotopic (exact) mass is 459 g/mol. The van der Waals surface area contributed by atoms with Crippen molar-refractivity contribution in [2.45, 2.75) is 44.7 Å². The molecule has 1 heterocycles. The number of nitrogens with zero attached hydrogens (tertiary/aromatic N) is 1. The number of ether oxygens (including phenoxy) is 1. The summed E-state index contributed by atoms with van der Waals surface area (Å²) in [5, 5.41) is 8.44. The topological polar surface area (TPSA) is 63.2 Å². The summed E-state index contributed by atoms with van der Waals surface area (Å²) in [5.41, 5.74) is 2.24. The van der Waals surface area contributed by atoms with Gasteiger partial charge in [0, 0.05) is 22.5 Å². The van der Waals surface area contributed by atoms with Crippen LogP contribution in [0.3, 0.4) is 0 Å². The van der Waals surface area contributed by atoms with E-state index in [1.807, 2.05) is 18.2 Å². The normalized spacial score (nSPS) is 18.1. The minimum atomic E-state index is -0.0989. The van der Waals surface area contributed by atoms with E-state index in [4.69, 9.17) is 21.3 Å². The maximum atomic E-state index is 12.2. The first-order valence-electron chi connectivity index (χ1n) is 10.4. The molecular formula is C24H27Cl2N3O2. The molecule has 0 radical (unpaired) electrons. The smallest absolute Gasteiger partial charge is 0.258 e. The van der Waals surface area contributed by atoms with Gasteiger partial charge in [-0.25, -0.2) is 4.98 Å². The van der Waals surface area contributed by atoms with Crippen molar-refractivity contribution in [3.63, 3.8) is 0 Å². The van der Waals surface area contributed by atoms with Crippen LogP contribution in [0.15, 0.2) is 54.6 Å². The second-order valence-corrected chi connectivity index (χ2v) is 8.28. The molecule has 1 aromatic heterocycles. The fourth-order valence-electron chi connectivity index (χ4n) is 3.99. The Morgan fingerprint density at radius 2 is 1.81 bits per heavy atom. The molecule has 1 aliphatic rings. The van der Waals surface area contributed by atoms with E-state index < -0.39 is 0 Å². The van der Waals surface area contributed by atoms with Gasteiger partial charge in [-0.2, -0.15) is 0 Å². The minimum Gasteiger partial charge on any atom is -0.484 e. The molecular weight excluding hydrogens is 433 g/mol. The summed E-state index contributed by atoms with van der Waals surface area (Å²) in [7, 11) is 0. The molecule has 0 saturated heterocycles. The average molecular weight is 460 g/mol. The summed E-state index contributed by atoms with van der Waals surface area (Å²) >= 11 is 5.93. The molecule has 1 aliphatic carbocycles. The Morgan fingerprint density at radius 3 is 2.58 bits per heavy atom. The third-order valence-electron chi connectivity index (χ3n) is 5.53. The summed E-state index contributed by atoms with van der Waals surface area (Å²) in [6, 6.07) is 17.9. The first kappa shape index (κ1) is 23.2. The van der Waals surface area contributed by atoms with Crippen LogP contribution in [0.2, 0.25) is 5.02 Å². The first-order chi connectivity index (χ1) is 14.6. The Balaban J connectivity index is 0.00000272. The van der Waals surface area contributed by atoms with Crippen LogP contribution in [-0.4, -0.2) is 29.6 Å². The summed E-state index contributed by atoms with van der Waals surface area (Å²) in [5.74, 6) is 1.43. The van der Waals surface area contributed by atoms with Crippen molar-refractivity contribution < 1.29 is 9.53 Å². The predicted molar refractivity (Wildman–Crippen MR) is 128 cm³/mol. The molecule has 2 aromatic carbocycles. The fraction of sp³-hybridized carbons (Fsp3) is 0.333. The molecule has 0 aliphatic heterocycles. The largest absolute Gasteiger partial charge is 0.484 e. The summed E-state index contributed by atoms with van der Waals surface area (Å²) in [6.07, 6.45) is 3.86. The second-order valence-electron chi connectivity index (χ2n) is 7.85. The van der Waals surface area contributed by atoms with E-state index in [9.17, 15) is 4.79 Å². The van der Waals surface area contributed by atoms with Gasteiger partial charge in [-0.15, -0.1) is 12.4 Å². The zero-order valence-corrected chi connectivity index (χ0v) is 19.0. The maximum Gasteiger partial charge on any atom is 0.258 e. The van der Waals surface area contributed by atoms with E-state index in [0.29, 0.717) is 16.8 Å². The van der Waals surface area contributed by atoms with Gasteiger partial charge in [-0.1, -0.05) is 35.9 Å². The molecule has 0 bridgehead atoms. The SMILES string of the molecule is Cc1cc(NC2CCC(NC(=O)COc3cccc(Cl)c3)CC2)nc2ccccc12.Cl. The van der Waals surface area contributed by atoms with Crippen LogP contribution in [0.5, 0.6) is 5.75 Å². The molecule has 1 saturated carbocycles. The van der Waals surface area contributed by atoms with Crippen molar-refractivity contribution >= 4 is 46.6 Å². The lowest BCUT2D eigenvalue weighted by Gasteiger charge is -2.30. The molecule has 4 rings (SSSR count). The molecule has 2 N–H and O–H groups in total. The van der Waals surface area contributed by atoms with Crippen LogP contribution < -0.4 is 15.4 Å². The quantitative estimate of drug-likeness (QED) is 0.507. The summed E-state index contributed by atoms with van der Waals surface area (Å²) in [6.45, 7) is 2.12. The van der Waals surface area contributed by atoms with Gasteiger partial charge in [0.05, 0.1) is 5.52 Å². The van der Waals surface area contributed by atoms with Crippen molar-refractivity contribution in [1.82, 2.24) is 10.3 Å². The number of aromatic nitrogens is 1. The molecule has 31 heavy (non-hydrogen) atoms. The molecule has 0 atom stereocenters. The van der Waals surface area contributed by atoms with Crippen molar-refractivity contribution in [2.75, 3.05) is 11.9 Å². The van der Waals surface area contributed by atoms with E-state index in [-0.39, 0.29) is 31.0 Å². The van der Waals surface area contributed by atoms with E-state index in [2.05, 4.69) is 29.7 Å². The Labute approximate surface area is 193 Å².